The van der Waals surface area contributed by atoms with Crippen LogP contribution in [0, 0.1) is 5.82 Å². The van der Waals surface area contributed by atoms with Crippen LogP contribution in [0.25, 0.3) is 11.1 Å². The molecule has 0 unspecified atom stereocenters. The van der Waals surface area contributed by atoms with Gasteiger partial charge >= 0.3 is 0 Å². The lowest BCUT2D eigenvalue weighted by molar-refractivity contribution is 0.387. The first-order valence-corrected chi connectivity index (χ1v) is 5.36. The molecule has 2 aromatic carbocycles. The van der Waals surface area contributed by atoms with Gasteiger partial charge in [-0.15, -0.1) is 0 Å². The van der Waals surface area contributed by atoms with Crippen molar-refractivity contribution in [1.82, 2.24) is 0 Å². The predicted octanol–water partition coefficient (Wildman–Crippen LogP) is 3.22. The van der Waals surface area contributed by atoms with Crippen LogP contribution in [0.3, 0.4) is 0 Å². The lowest BCUT2D eigenvalue weighted by Crippen LogP contribution is -1.91. The van der Waals surface area contributed by atoms with Gasteiger partial charge < -0.3 is 14.6 Å². The number of rotatable bonds is 3. The number of hydrogen-bond acceptors (Lipinski definition) is 3. The molecule has 18 heavy (non-hydrogen) atoms. The molecule has 0 aromatic heterocycles. The van der Waals surface area contributed by atoms with Crippen molar-refractivity contribution < 1.29 is 19.0 Å². The molecular formula is C14H13FO3. The summed E-state index contributed by atoms with van der Waals surface area (Å²) in [5.74, 6) is 0.664. The van der Waals surface area contributed by atoms with Crippen LogP contribution in [0.2, 0.25) is 0 Å². The minimum atomic E-state index is -0.328. The second-order valence-electron chi connectivity index (χ2n) is 3.73. The number of hydrogen-bond donors (Lipinski definition) is 1. The molecule has 4 heteroatoms. The molecule has 3 nitrogen and oxygen atoms in total. The van der Waals surface area contributed by atoms with E-state index in [0.29, 0.717) is 22.6 Å². The Morgan fingerprint density at radius 1 is 1.00 bits per heavy atom. The van der Waals surface area contributed by atoms with Crippen molar-refractivity contribution in [3.63, 3.8) is 0 Å². The average molecular weight is 248 g/mol. The van der Waals surface area contributed by atoms with Gasteiger partial charge in [0, 0.05) is 12.1 Å². The summed E-state index contributed by atoms with van der Waals surface area (Å²) in [4.78, 5) is 0. The molecule has 1 N–H and O–H groups in total. The molecule has 0 heterocycles. The van der Waals surface area contributed by atoms with Gasteiger partial charge in [0.05, 0.1) is 19.8 Å². The van der Waals surface area contributed by atoms with Gasteiger partial charge in [0.1, 0.15) is 23.1 Å². The number of aromatic hydroxyl groups is 1. The standard InChI is InChI=1S/C14H13FO3/c1-17-11-7-12(16)14(13(8-11)18-2)9-3-5-10(15)6-4-9/h3-8,16H,1-2H3. The van der Waals surface area contributed by atoms with E-state index in [4.69, 9.17) is 9.47 Å². The highest BCUT2D eigenvalue weighted by molar-refractivity contribution is 5.77. The Labute approximate surface area is 104 Å². The first-order chi connectivity index (χ1) is 8.65. The van der Waals surface area contributed by atoms with Crippen LogP contribution >= 0.6 is 0 Å². The smallest absolute Gasteiger partial charge is 0.134 e. The molecular weight excluding hydrogens is 235 g/mol. The summed E-state index contributed by atoms with van der Waals surface area (Å²) in [6.45, 7) is 0. The van der Waals surface area contributed by atoms with E-state index in [1.807, 2.05) is 0 Å². The molecule has 2 aromatic rings. The summed E-state index contributed by atoms with van der Waals surface area (Å²) < 4.78 is 23.2. The Balaban J connectivity index is 2.59. The van der Waals surface area contributed by atoms with E-state index >= 15 is 0 Å². The highest BCUT2D eigenvalue weighted by Gasteiger charge is 2.13. The summed E-state index contributed by atoms with van der Waals surface area (Å²) in [5.41, 5.74) is 1.19. The van der Waals surface area contributed by atoms with E-state index in [2.05, 4.69) is 0 Å². The van der Waals surface area contributed by atoms with E-state index in [1.165, 1.54) is 32.4 Å². The fourth-order valence-electron chi connectivity index (χ4n) is 1.76. The van der Waals surface area contributed by atoms with Gasteiger partial charge in [-0.1, -0.05) is 12.1 Å². The van der Waals surface area contributed by atoms with E-state index in [-0.39, 0.29) is 11.6 Å². The van der Waals surface area contributed by atoms with Gasteiger partial charge in [0.2, 0.25) is 0 Å². The molecule has 0 saturated carbocycles. The summed E-state index contributed by atoms with van der Waals surface area (Å²) in [5, 5.41) is 10.0. The zero-order valence-corrected chi connectivity index (χ0v) is 10.1. The molecule has 0 aliphatic heterocycles. The third-order valence-electron chi connectivity index (χ3n) is 2.64. The quantitative estimate of drug-likeness (QED) is 0.906. The number of phenolic OH excluding ortho intramolecular Hbond substituents is 1. The maximum absolute atomic E-state index is 12.9. The van der Waals surface area contributed by atoms with Crippen molar-refractivity contribution in [3.05, 3.63) is 42.2 Å². The Kier molecular flexibility index (Phi) is 3.37. The highest BCUT2D eigenvalue weighted by atomic mass is 19.1. The summed E-state index contributed by atoms with van der Waals surface area (Å²) in [6, 6.07) is 8.98. The van der Waals surface area contributed by atoms with Gasteiger partial charge in [-0.05, 0) is 17.7 Å². The summed E-state index contributed by atoms with van der Waals surface area (Å²) >= 11 is 0. The molecule has 0 amide bonds. The Morgan fingerprint density at radius 2 is 1.67 bits per heavy atom. The van der Waals surface area contributed by atoms with Crippen LogP contribution in [-0.4, -0.2) is 19.3 Å². The maximum atomic E-state index is 12.9. The Bertz CT molecular complexity index is 550. The van der Waals surface area contributed by atoms with E-state index in [9.17, 15) is 9.50 Å². The normalized spacial score (nSPS) is 10.2. The van der Waals surface area contributed by atoms with Crippen molar-refractivity contribution in [2.45, 2.75) is 0 Å². The molecule has 2 rings (SSSR count). The molecule has 94 valence electrons. The Morgan fingerprint density at radius 3 is 2.22 bits per heavy atom. The topological polar surface area (TPSA) is 38.7 Å². The third kappa shape index (κ3) is 2.22. The van der Waals surface area contributed by atoms with Gasteiger partial charge in [0.15, 0.2) is 0 Å². The number of halogens is 1. The third-order valence-corrected chi connectivity index (χ3v) is 2.64. The van der Waals surface area contributed by atoms with Crippen molar-refractivity contribution >= 4 is 0 Å². The minimum absolute atomic E-state index is 0.0257. The maximum Gasteiger partial charge on any atom is 0.134 e. The molecule has 0 saturated heterocycles. The van der Waals surface area contributed by atoms with Crippen molar-refractivity contribution in [2.75, 3.05) is 14.2 Å². The monoisotopic (exact) mass is 248 g/mol. The first kappa shape index (κ1) is 12.2. The molecule has 0 bridgehead atoms. The zero-order chi connectivity index (χ0) is 13.1. The fraction of sp³-hybridized carbons (Fsp3) is 0.143. The van der Waals surface area contributed by atoms with Crippen LogP contribution in [0.1, 0.15) is 0 Å². The molecule has 0 aliphatic rings. The number of ether oxygens (including phenoxy) is 2. The lowest BCUT2D eigenvalue weighted by atomic mass is 10.0. The van der Waals surface area contributed by atoms with Crippen LogP contribution in [0.5, 0.6) is 17.2 Å². The first-order valence-electron chi connectivity index (χ1n) is 5.36. The van der Waals surface area contributed by atoms with Crippen molar-refractivity contribution in [3.8, 4) is 28.4 Å². The van der Waals surface area contributed by atoms with Crippen molar-refractivity contribution in [2.24, 2.45) is 0 Å². The summed E-state index contributed by atoms with van der Waals surface area (Å²) in [7, 11) is 3.01. The zero-order valence-electron chi connectivity index (χ0n) is 10.1. The van der Waals surface area contributed by atoms with Gasteiger partial charge in [0.25, 0.3) is 0 Å². The molecule has 0 spiro atoms. The number of methoxy groups -OCH3 is 2. The lowest BCUT2D eigenvalue weighted by Gasteiger charge is -2.12. The minimum Gasteiger partial charge on any atom is -0.507 e. The van der Waals surface area contributed by atoms with E-state index < -0.39 is 0 Å². The number of phenols is 1. The molecule has 0 radical (unpaired) electrons. The van der Waals surface area contributed by atoms with Crippen LogP contribution in [-0.2, 0) is 0 Å². The van der Waals surface area contributed by atoms with Crippen LogP contribution in [0.4, 0.5) is 4.39 Å². The van der Waals surface area contributed by atoms with Gasteiger partial charge in [-0.2, -0.15) is 0 Å². The second-order valence-corrected chi connectivity index (χ2v) is 3.73. The fourth-order valence-corrected chi connectivity index (χ4v) is 1.76. The summed E-state index contributed by atoms with van der Waals surface area (Å²) in [6.07, 6.45) is 0. The predicted molar refractivity (Wildman–Crippen MR) is 66.6 cm³/mol. The van der Waals surface area contributed by atoms with E-state index in [1.54, 1.807) is 18.2 Å². The van der Waals surface area contributed by atoms with E-state index in [0.717, 1.165) is 0 Å². The van der Waals surface area contributed by atoms with Crippen LogP contribution < -0.4 is 9.47 Å². The average Bonchev–Trinajstić information content (AvgIpc) is 2.39. The van der Waals surface area contributed by atoms with Gasteiger partial charge in [-0.3, -0.25) is 0 Å². The Hall–Kier alpha value is -2.23. The molecule has 0 fully saturated rings. The van der Waals surface area contributed by atoms with Crippen molar-refractivity contribution in [1.29, 1.82) is 0 Å². The SMILES string of the molecule is COc1cc(O)c(-c2ccc(F)cc2)c(OC)c1. The second kappa shape index (κ2) is 4.96. The number of benzene rings is 2. The largest absolute Gasteiger partial charge is 0.507 e. The molecule has 0 aliphatic carbocycles. The molecule has 0 atom stereocenters. The van der Waals surface area contributed by atoms with Gasteiger partial charge in [-0.25, -0.2) is 4.39 Å². The van der Waals surface area contributed by atoms with Crippen LogP contribution in [0.15, 0.2) is 36.4 Å². The highest BCUT2D eigenvalue weighted by Crippen LogP contribution is 2.40.